The lowest BCUT2D eigenvalue weighted by Gasteiger charge is -1.93. The number of carbonyl (C=O) groups is 1. The van der Waals surface area contributed by atoms with Crippen LogP contribution in [0.2, 0.25) is 0 Å². The number of oxime groups is 1. The van der Waals surface area contributed by atoms with Crippen molar-refractivity contribution in [2.24, 2.45) is 5.16 Å². The minimum Gasteiger partial charge on any atom is -0.318 e. The summed E-state index contributed by atoms with van der Waals surface area (Å²) in [6.45, 7) is 5.47. The van der Waals surface area contributed by atoms with E-state index in [2.05, 4.69) is 9.99 Å². The van der Waals surface area contributed by atoms with Crippen molar-refractivity contribution in [1.29, 1.82) is 0 Å². The van der Waals surface area contributed by atoms with Crippen LogP contribution in [0.25, 0.3) is 0 Å². The van der Waals surface area contributed by atoms with Gasteiger partial charge in [0.05, 0.1) is 5.71 Å². The molecule has 0 fully saturated rings. The Morgan fingerprint density at radius 1 is 1.50 bits per heavy atom. The predicted molar refractivity (Wildman–Crippen MR) is 39.8 cm³/mol. The van der Waals surface area contributed by atoms with Crippen LogP contribution in [-0.2, 0) is 9.63 Å². The lowest BCUT2D eigenvalue weighted by atomic mass is 10.3. The van der Waals surface area contributed by atoms with Crippen molar-refractivity contribution < 1.29 is 9.63 Å². The maximum absolute atomic E-state index is 10.6. The number of nitrogens with zero attached hydrogens (tertiary/aromatic N) is 1. The molecule has 0 heterocycles. The molecular formula is C7H13NO2. The van der Waals surface area contributed by atoms with Crippen LogP contribution in [0.1, 0.15) is 33.6 Å². The first kappa shape index (κ1) is 9.14. The highest BCUT2D eigenvalue weighted by Gasteiger charge is 1.97. The summed E-state index contributed by atoms with van der Waals surface area (Å²) < 4.78 is 0. The smallest absolute Gasteiger partial charge is 0.318 e. The quantitative estimate of drug-likeness (QED) is 0.343. The van der Waals surface area contributed by atoms with E-state index in [9.17, 15) is 4.79 Å². The summed E-state index contributed by atoms with van der Waals surface area (Å²) in [6, 6.07) is 0. The van der Waals surface area contributed by atoms with E-state index >= 15 is 0 Å². The molecule has 0 bridgehead atoms. The van der Waals surface area contributed by atoms with Crippen molar-refractivity contribution in [2.45, 2.75) is 33.6 Å². The van der Waals surface area contributed by atoms with Gasteiger partial charge in [-0.2, -0.15) is 0 Å². The molecule has 0 aliphatic rings. The fraction of sp³-hybridized carbons (Fsp3) is 0.714. The van der Waals surface area contributed by atoms with E-state index in [-0.39, 0.29) is 5.97 Å². The van der Waals surface area contributed by atoms with Gasteiger partial charge in [0.25, 0.3) is 0 Å². The Labute approximate surface area is 61.1 Å². The summed E-state index contributed by atoms with van der Waals surface area (Å²) in [5, 5.41) is 3.51. The number of hydrogen-bond donors (Lipinski definition) is 0. The molecule has 0 rings (SSSR count). The third-order valence-corrected chi connectivity index (χ3v) is 0.784. The Balaban J connectivity index is 3.49. The summed E-state index contributed by atoms with van der Waals surface area (Å²) in [4.78, 5) is 15.1. The Hall–Kier alpha value is -0.860. The van der Waals surface area contributed by atoms with Crippen LogP contribution >= 0.6 is 0 Å². The summed E-state index contributed by atoms with van der Waals surface area (Å²) in [5.41, 5.74) is 0.754. The third-order valence-electron chi connectivity index (χ3n) is 0.784. The van der Waals surface area contributed by atoms with Gasteiger partial charge in [-0.05, 0) is 20.3 Å². The van der Waals surface area contributed by atoms with E-state index in [0.717, 1.165) is 12.1 Å². The lowest BCUT2D eigenvalue weighted by Crippen LogP contribution is -1.99. The molecule has 0 atom stereocenters. The number of hydrogen-bond acceptors (Lipinski definition) is 3. The normalized spacial score (nSPS) is 8.70. The standard InChI is InChI=1S/C7H13NO2/c1-4-5-7(9)10-8-6(2)3/h4-5H2,1-3H3. The van der Waals surface area contributed by atoms with E-state index in [4.69, 9.17) is 0 Å². The van der Waals surface area contributed by atoms with Crippen molar-refractivity contribution in [3.63, 3.8) is 0 Å². The fourth-order valence-corrected chi connectivity index (χ4v) is 0.392. The van der Waals surface area contributed by atoms with Crippen molar-refractivity contribution >= 4 is 11.7 Å². The van der Waals surface area contributed by atoms with Gasteiger partial charge in [-0.15, -0.1) is 0 Å². The van der Waals surface area contributed by atoms with E-state index in [1.54, 1.807) is 13.8 Å². The molecule has 0 saturated carbocycles. The molecule has 3 nitrogen and oxygen atoms in total. The van der Waals surface area contributed by atoms with Gasteiger partial charge in [0.1, 0.15) is 0 Å². The molecule has 0 aromatic carbocycles. The molecule has 0 aromatic rings. The second kappa shape index (κ2) is 4.97. The van der Waals surface area contributed by atoms with E-state index in [1.165, 1.54) is 0 Å². The maximum Gasteiger partial charge on any atom is 0.334 e. The van der Waals surface area contributed by atoms with Crippen molar-refractivity contribution in [1.82, 2.24) is 0 Å². The van der Waals surface area contributed by atoms with Gasteiger partial charge in [0, 0.05) is 6.42 Å². The molecule has 0 unspecified atom stereocenters. The SMILES string of the molecule is CCCC(=O)ON=C(C)C. The summed E-state index contributed by atoms with van der Waals surface area (Å²) in [6.07, 6.45) is 1.24. The molecule has 0 spiro atoms. The van der Waals surface area contributed by atoms with Crippen molar-refractivity contribution in [2.75, 3.05) is 0 Å². The second-order valence-corrected chi connectivity index (χ2v) is 2.25. The monoisotopic (exact) mass is 143 g/mol. The van der Waals surface area contributed by atoms with E-state index in [0.29, 0.717) is 6.42 Å². The molecule has 0 radical (unpaired) electrons. The average molecular weight is 143 g/mol. The third kappa shape index (κ3) is 5.28. The van der Waals surface area contributed by atoms with Gasteiger partial charge in [-0.3, -0.25) is 0 Å². The van der Waals surface area contributed by atoms with Gasteiger partial charge in [-0.25, -0.2) is 4.79 Å². The minimum atomic E-state index is -0.260. The first-order valence-corrected chi connectivity index (χ1v) is 3.38. The van der Waals surface area contributed by atoms with Crippen LogP contribution < -0.4 is 0 Å². The van der Waals surface area contributed by atoms with Crippen LogP contribution in [0.15, 0.2) is 5.16 Å². The molecule has 3 heteroatoms. The highest BCUT2D eigenvalue weighted by atomic mass is 16.7. The van der Waals surface area contributed by atoms with Gasteiger partial charge < -0.3 is 4.84 Å². The van der Waals surface area contributed by atoms with Gasteiger partial charge in [0.15, 0.2) is 0 Å². The molecular weight excluding hydrogens is 130 g/mol. The molecule has 0 saturated heterocycles. The van der Waals surface area contributed by atoms with Gasteiger partial charge in [0.2, 0.25) is 0 Å². The first-order valence-electron chi connectivity index (χ1n) is 3.38. The van der Waals surface area contributed by atoms with Crippen LogP contribution in [0.4, 0.5) is 0 Å². The van der Waals surface area contributed by atoms with Crippen molar-refractivity contribution in [3.8, 4) is 0 Å². The highest BCUT2D eigenvalue weighted by molar-refractivity contribution is 5.79. The molecule has 0 N–H and O–H groups in total. The van der Waals surface area contributed by atoms with E-state index in [1.807, 2.05) is 6.92 Å². The zero-order chi connectivity index (χ0) is 7.98. The molecule has 0 aliphatic carbocycles. The summed E-state index contributed by atoms with van der Waals surface area (Å²) >= 11 is 0. The predicted octanol–water partition coefficient (Wildman–Crippen LogP) is 1.73. The Morgan fingerprint density at radius 2 is 2.10 bits per heavy atom. The summed E-state index contributed by atoms with van der Waals surface area (Å²) in [7, 11) is 0. The fourth-order valence-electron chi connectivity index (χ4n) is 0.392. The average Bonchev–Trinajstić information content (AvgIpc) is 1.85. The minimum absolute atomic E-state index is 0.260. The van der Waals surface area contributed by atoms with E-state index < -0.39 is 0 Å². The molecule has 0 aromatic heterocycles. The molecule has 58 valence electrons. The topological polar surface area (TPSA) is 38.7 Å². The lowest BCUT2D eigenvalue weighted by molar-refractivity contribution is -0.143. The maximum atomic E-state index is 10.6. The van der Waals surface area contributed by atoms with Crippen LogP contribution in [0, 0.1) is 0 Å². The largest absolute Gasteiger partial charge is 0.334 e. The molecule has 0 amide bonds. The highest BCUT2D eigenvalue weighted by Crippen LogP contribution is 1.91. The van der Waals surface area contributed by atoms with Crippen LogP contribution in [-0.4, -0.2) is 11.7 Å². The Bertz CT molecular complexity index is 137. The zero-order valence-corrected chi connectivity index (χ0v) is 6.68. The Kier molecular flexibility index (Phi) is 4.54. The van der Waals surface area contributed by atoms with Crippen molar-refractivity contribution in [3.05, 3.63) is 0 Å². The molecule has 0 aliphatic heterocycles. The van der Waals surface area contributed by atoms with Crippen LogP contribution in [0.5, 0.6) is 0 Å². The molecule has 10 heavy (non-hydrogen) atoms. The van der Waals surface area contributed by atoms with Crippen LogP contribution in [0.3, 0.4) is 0 Å². The number of rotatable bonds is 3. The second-order valence-electron chi connectivity index (χ2n) is 2.25. The number of carbonyl (C=O) groups excluding carboxylic acids is 1. The van der Waals surface area contributed by atoms with Gasteiger partial charge in [-0.1, -0.05) is 12.1 Å². The summed E-state index contributed by atoms with van der Waals surface area (Å²) in [5.74, 6) is -0.260. The Morgan fingerprint density at radius 3 is 2.50 bits per heavy atom. The van der Waals surface area contributed by atoms with Gasteiger partial charge >= 0.3 is 5.97 Å². The zero-order valence-electron chi connectivity index (χ0n) is 6.68. The first-order chi connectivity index (χ1) is 4.66.